The number of benzene rings is 10. The molecule has 2 aliphatic carbocycles. The van der Waals surface area contributed by atoms with Crippen molar-refractivity contribution in [1.29, 1.82) is 0 Å². The maximum Gasteiger partial charge on any atom is 0.135 e. The van der Waals surface area contributed by atoms with E-state index < -0.39 is 11.5 Å². The molecule has 13 rings (SSSR count). The van der Waals surface area contributed by atoms with Crippen LogP contribution in [0.3, 0.4) is 0 Å². The third kappa shape index (κ3) is 5.34. The van der Waals surface area contributed by atoms with Gasteiger partial charge in [0.15, 0.2) is 0 Å². The van der Waals surface area contributed by atoms with Crippen LogP contribution in [0, 0.1) is 0 Å². The number of hydrogen-bond donors (Lipinski definition) is 0. The predicted molar refractivity (Wildman–Crippen MR) is 265 cm³/mol. The Hall–Kier alpha value is -8.40. The summed E-state index contributed by atoms with van der Waals surface area (Å²) in [6, 6.07) is 72.3. The largest absolute Gasteiger partial charge is 0.456 e. The van der Waals surface area contributed by atoms with E-state index in [0.29, 0.717) is 11.3 Å². The van der Waals surface area contributed by atoms with Gasteiger partial charge in [-0.1, -0.05) is 164 Å². The third-order valence-corrected chi connectivity index (χ3v) is 13.1. The minimum absolute atomic E-state index is 0.133. The van der Waals surface area contributed by atoms with Crippen LogP contribution in [-0.2, 0) is 5.41 Å². The molecule has 1 heterocycles. The molecule has 300 valence electrons. The van der Waals surface area contributed by atoms with Crippen molar-refractivity contribution in [3.05, 3.63) is 265 Å². The van der Waals surface area contributed by atoms with Crippen molar-refractivity contribution in [3.8, 4) is 33.4 Å². The fourth-order valence-electron chi connectivity index (χ4n) is 10.5. The van der Waals surface area contributed by atoms with Gasteiger partial charge in [0.2, 0.25) is 0 Å². The molecule has 1 atom stereocenters. The van der Waals surface area contributed by atoms with E-state index in [1.807, 2.05) is 66.7 Å². The molecule has 1 spiro atoms. The van der Waals surface area contributed by atoms with Crippen LogP contribution in [0.25, 0.3) is 55.3 Å². The van der Waals surface area contributed by atoms with E-state index in [4.69, 9.17) is 11.3 Å². The standard InChI is InChI=1S/C61H40N2O/c1-4-18-41(19-5-1)47-24-12-16-30-58(47)63(44-34-37-60-53(38-44)52-27-13-17-31-59(52)64-60)46-33-36-51-49-26-11-15-29-55(49)61(57(51)40-46)54-28-14-10-25-48(54)50-35-32-45(39-56(50)61)62(42-20-6-2-7-21-42)43-22-8-3-9-23-43/h1-40H/i1D,4D,5D,18D,19D. The highest BCUT2D eigenvalue weighted by atomic mass is 16.3. The van der Waals surface area contributed by atoms with Crippen LogP contribution in [0.5, 0.6) is 0 Å². The smallest absolute Gasteiger partial charge is 0.135 e. The molecule has 0 radical (unpaired) electrons. The molecule has 0 saturated heterocycles. The first kappa shape index (κ1) is 31.4. The lowest BCUT2D eigenvalue weighted by molar-refractivity contribution is 0.669. The van der Waals surface area contributed by atoms with Crippen LogP contribution in [0.2, 0.25) is 0 Å². The van der Waals surface area contributed by atoms with Crippen LogP contribution in [-0.4, -0.2) is 0 Å². The molecule has 0 aliphatic heterocycles. The highest BCUT2D eigenvalue weighted by Gasteiger charge is 2.52. The Bertz CT molecular complexity index is 3810. The second kappa shape index (κ2) is 14.3. The normalized spacial score (nSPS) is 15.4. The van der Waals surface area contributed by atoms with E-state index in [1.54, 1.807) is 0 Å². The molecular weight excluding hydrogens is 777 g/mol. The van der Waals surface area contributed by atoms with Gasteiger partial charge in [-0.2, -0.15) is 0 Å². The zero-order chi connectivity index (χ0) is 46.5. The maximum atomic E-state index is 9.17. The molecule has 0 N–H and O–H groups in total. The molecule has 3 nitrogen and oxygen atoms in total. The summed E-state index contributed by atoms with van der Waals surface area (Å²) in [5.41, 5.74) is 16.2. The van der Waals surface area contributed by atoms with Crippen molar-refractivity contribution < 1.29 is 11.3 Å². The Morgan fingerprint density at radius 2 is 0.828 bits per heavy atom. The van der Waals surface area contributed by atoms with E-state index in [1.165, 1.54) is 27.8 Å². The van der Waals surface area contributed by atoms with E-state index in [2.05, 4.69) is 155 Å². The summed E-state index contributed by atoms with van der Waals surface area (Å²) < 4.78 is 50.5. The number of para-hydroxylation sites is 4. The van der Waals surface area contributed by atoms with Gasteiger partial charge < -0.3 is 14.2 Å². The Labute approximate surface area is 379 Å². The number of nitrogens with zero attached hydrogens (tertiary/aromatic N) is 2. The second-order valence-corrected chi connectivity index (χ2v) is 16.4. The minimum Gasteiger partial charge on any atom is -0.456 e. The summed E-state index contributed by atoms with van der Waals surface area (Å²) >= 11 is 0. The van der Waals surface area contributed by atoms with Gasteiger partial charge in [-0.05, 0) is 129 Å². The van der Waals surface area contributed by atoms with E-state index in [0.717, 1.165) is 67.1 Å². The average molecular weight is 822 g/mol. The Morgan fingerprint density at radius 1 is 0.344 bits per heavy atom. The van der Waals surface area contributed by atoms with Crippen molar-refractivity contribution in [2.75, 3.05) is 9.80 Å². The second-order valence-electron chi connectivity index (χ2n) is 16.4. The topological polar surface area (TPSA) is 19.6 Å². The number of rotatable bonds is 7. The van der Waals surface area contributed by atoms with Gasteiger partial charge in [0.05, 0.1) is 18.0 Å². The minimum atomic E-state index is -0.730. The molecule has 0 amide bonds. The fraction of sp³-hybridized carbons (Fsp3) is 0.0164. The zero-order valence-electron chi connectivity index (χ0n) is 39.5. The van der Waals surface area contributed by atoms with Gasteiger partial charge in [0.25, 0.3) is 0 Å². The van der Waals surface area contributed by atoms with Crippen molar-refractivity contribution in [2.24, 2.45) is 0 Å². The lowest BCUT2D eigenvalue weighted by Crippen LogP contribution is -2.26. The van der Waals surface area contributed by atoms with Gasteiger partial charge in [0.1, 0.15) is 11.2 Å². The SMILES string of the molecule is [2H]c1c([2H])c([2H])c(-c2ccccc2N(c2ccc3c(c2)C2(c4ccccc4-c4ccc(N(c5ccccc5)c5ccccc5)cc42)c2ccccc2-3)c2ccc3oc4ccccc4c3c2)c([2H])c1[2H]. The highest BCUT2D eigenvalue weighted by Crippen LogP contribution is 2.64. The van der Waals surface area contributed by atoms with Gasteiger partial charge in [-0.25, -0.2) is 0 Å². The summed E-state index contributed by atoms with van der Waals surface area (Å²) in [4.78, 5) is 4.49. The first-order valence-corrected chi connectivity index (χ1v) is 21.6. The predicted octanol–water partition coefficient (Wildman–Crippen LogP) is 16.5. The number of anilines is 6. The van der Waals surface area contributed by atoms with Gasteiger partial charge >= 0.3 is 0 Å². The number of furan rings is 1. The third-order valence-electron chi connectivity index (χ3n) is 13.1. The van der Waals surface area contributed by atoms with Gasteiger partial charge in [0, 0.05) is 44.8 Å². The van der Waals surface area contributed by atoms with Crippen LogP contribution < -0.4 is 9.80 Å². The average Bonchev–Trinajstić information content (AvgIpc) is 4.02. The van der Waals surface area contributed by atoms with E-state index >= 15 is 0 Å². The van der Waals surface area contributed by atoms with Crippen molar-refractivity contribution >= 4 is 56.1 Å². The summed E-state index contributed by atoms with van der Waals surface area (Å²) in [7, 11) is 0. The van der Waals surface area contributed by atoms with Crippen molar-refractivity contribution in [3.63, 3.8) is 0 Å². The molecule has 0 fully saturated rings. The highest BCUT2D eigenvalue weighted by molar-refractivity contribution is 6.07. The first-order chi connectivity index (χ1) is 33.8. The Kier molecular flexibility index (Phi) is 7.04. The van der Waals surface area contributed by atoms with Gasteiger partial charge in [-0.15, -0.1) is 0 Å². The molecule has 1 unspecified atom stereocenters. The van der Waals surface area contributed by atoms with E-state index in [-0.39, 0.29) is 29.7 Å². The molecule has 0 saturated carbocycles. The van der Waals surface area contributed by atoms with Crippen LogP contribution >= 0.6 is 0 Å². The quantitative estimate of drug-likeness (QED) is 0.160. The maximum absolute atomic E-state index is 9.17. The Morgan fingerprint density at radius 3 is 1.48 bits per heavy atom. The van der Waals surface area contributed by atoms with Crippen LogP contribution in [0.1, 0.15) is 29.1 Å². The number of hydrogen-bond acceptors (Lipinski definition) is 3. The molecule has 10 aromatic carbocycles. The fourth-order valence-corrected chi connectivity index (χ4v) is 10.5. The summed E-state index contributed by atoms with van der Waals surface area (Å²) in [5.74, 6) is 0. The monoisotopic (exact) mass is 821 g/mol. The molecule has 3 heteroatoms. The van der Waals surface area contributed by atoms with Crippen molar-refractivity contribution in [1.82, 2.24) is 0 Å². The Balaban J connectivity index is 1.10. The summed E-state index contributed by atoms with van der Waals surface area (Å²) in [5, 5.41) is 1.91. The molecule has 11 aromatic rings. The molecule has 2 aliphatic rings. The lowest BCUT2D eigenvalue weighted by Gasteiger charge is -2.33. The summed E-state index contributed by atoms with van der Waals surface area (Å²) in [6.45, 7) is 0. The molecule has 1 aromatic heterocycles. The van der Waals surface area contributed by atoms with Crippen LogP contribution in [0.4, 0.5) is 34.1 Å². The van der Waals surface area contributed by atoms with Gasteiger partial charge in [-0.3, -0.25) is 0 Å². The molecule has 64 heavy (non-hydrogen) atoms. The van der Waals surface area contributed by atoms with Crippen molar-refractivity contribution in [2.45, 2.75) is 5.41 Å². The molecular formula is C61H40N2O. The van der Waals surface area contributed by atoms with E-state index in [9.17, 15) is 0 Å². The first-order valence-electron chi connectivity index (χ1n) is 24.1. The molecule has 0 bridgehead atoms. The number of fused-ring (bicyclic) bond motifs is 13. The van der Waals surface area contributed by atoms with Crippen LogP contribution in [0.15, 0.2) is 247 Å². The lowest BCUT2D eigenvalue weighted by atomic mass is 9.70. The zero-order valence-corrected chi connectivity index (χ0v) is 34.5. The summed E-state index contributed by atoms with van der Waals surface area (Å²) in [6.07, 6.45) is 0.